The lowest BCUT2D eigenvalue weighted by molar-refractivity contribution is -0.124. The zero-order chi connectivity index (χ0) is 21.3. The molecule has 2 aromatic rings. The van der Waals surface area contributed by atoms with E-state index in [0.717, 1.165) is 22.3 Å². The van der Waals surface area contributed by atoms with Gasteiger partial charge in [0.05, 0.1) is 5.02 Å². The molecule has 0 aromatic heterocycles. The van der Waals surface area contributed by atoms with E-state index >= 15 is 0 Å². The highest BCUT2D eigenvalue weighted by Crippen LogP contribution is 2.37. The van der Waals surface area contributed by atoms with Crippen molar-refractivity contribution in [3.63, 3.8) is 0 Å². The van der Waals surface area contributed by atoms with Crippen LogP contribution in [-0.2, 0) is 19.6 Å². The van der Waals surface area contributed by atoms with Gasteiger partial charge in [-0.3, -0.25) is 9.59 Å². The molecule has 154 valence electrons. The molecule has 29 heavy (non-hydrogen) atoms. The first-order valence-corrected chi connectivity index (χ1v) is 11.4. The standard InChI is InChI=1S/C22H24ClNO4S/c1-13-10-14(2)20(15(3)11-13)21-18(25)12-16(22(21)26)8-9-24-29(27,28)19-7-5-4-6-17(19)23/h4-7,10-11,16,21,24H,8-9,12H2,1-3H3. The molecule has 5 nitrogen and oxygen atoms in total. The zero-order valence-electron chi connectivity index (χ0n) is 16.7. The minimum absolute atomic E-state index is 0.000673. The summed E-state index contributed by atoms with van der Waals surface area (Å²) in [6.45, 7) is 5.88. The molecule has 1 saturated carbocycles. The van der Waals surface area contributed by atoms with Gasteiger partial charge in [-0.2, -0.15) is 0 Å². The smallest absolute Gasteiger partial charge is 0.242 e. The van der Waals surface area contributed by atoms with Crippen molar-refractivity contribution in [2.45, 2.75) is 44.4 Å². The molecule has 1 N–H and O–H groups in total. The first kappa shape index (κ1) is 21.7. The Kier molecular flexibility index (Phi) is 6.27. The Balaban J connectivity index is 1.71. The summed E-state index contributed by atoms with van der Waals surface area (Å²) < 4.78 is 27.4. The number of hydrogen-bond donors (Lipinski definition) is 1. The van der Waals surface area contributed by atoms with Crippen molar-refractivity contribution in [3.05, 3.63) is 63.7 Å². The molecule has 1 aliphatic rings. The van der Waals surface area contributed by atoms with Gasteiger partial charge in [0.2, 0.25) is 10.0 Å². The summed E-state index contributed by atoms with van der Waals surface area (Å²) in [5, 5.41) is 0.137. The van der Waals surface area contributed by atoms with Crippen molar-refractivity contribution in [2.24, 2.45) is 5.92 Å². The van der Waals surface area contributed by atoms with E-state index in [2.05, 4.69) is 4.72 Å². The molecule has 0 radical (unpaired) electrons. The lowest BCUT2D eigenvalue weighted by atomic mass is 9.86. The van der Waals surface area contributed by atoms with Crippen LogP contribution in [0.25, 0.3) is 0 Å². The lowest BCUT2D eigenvalue weighted by Crippen LogP contribution is -2.27. The van der Waals surface area contributed by atoms with Crippen LogP contribution in [0.3, 0.4) is 0 Å². The Morgan fingerprint density at radius 2 is 1.69 bits per heavy atom. The molecule has 2 unspecified atom stereocenters. The fourth-order valence-electron chi connectivity index (χ4n) is 4.16. The minimum atomic E-state index is -3.78. The SMILES string of the molecule is Cc1cc(C)c(C2C(=O)CC(CCNS(=O)(=O)c3ccccc3Cl)C2=O)c(C)c1. The normalized spacial score (nSPS) is 19.7. The Bertz CT molecular complexity index is 1050. The van der Waals surface area contributed by atoms with Gasteiger partial charge in [0.1, 0.15) is 16.6 Å². The van der Waals surface area contributed by atoms with E-state index in [1.54, 1.807) is 12.1 Å². The molecule has 0 spiro atoms. The molecule has 0 heterocycles. The zero-order valence-corrected chi connectivity index (χ0v) is 18.2. The molecule has 1 fully saturated rings. The Morgan fingerprint density at radius 3 is 2.31 bits per heavy atom. The number of benzene rings is 2. The number of nitrogens with one attached hydrogen (secondary N) is 1. The van der Waals surface area contributed by atoms with Gasteiger partial charge < -0.3 is 0 Å². The maximum absolute atomic E-state index is 13.0. The summed E-state index contributed by atoms with van der Waals surface area (Å²) in [7, 11) is -3.78. The fourth-order valence-corrected chi connectivity index (χ4v) is 5.72. The van der Waals surface area contributed by atoms with Crippen LogP contribution in [0.4, 0.5) is 0 Å². The van der Waals surface area contributed by atoms with E-state index in [1.807, 2.05) is 32.9 Å². The number of rotatable bonds is 6. The van der Waals surface area contributed by atoms with E-state index < -0.39 is 21.9 Å². The number of carbonyl (C=O) groups is 2. The van der Waals surface area contributed by atoms with Gasteiger partial charge in [0, 0.05) is 18.9 Å². The molecule has 2 aromatic carbocycles. The first-order valence-electron chi connectivity index (χ1n) is 9.50. The Morgan fingerprint density at radius 1 is 1.07 bits per heavy atom. The fraction of sp³-hybridized carbons (Fsp3) is 0.364. The largest absolute Gasteiger partial charge is 0.298 e. The third kappa shape index (κ3) is 4.44. The van der Waals surface area contributed by atoms with Crippen molar-refractivity contribution in [1.29, 1.82) is 0 Å². The van der Waals surface area contributed by atoms with Gasteiger partial charge in [0.15, 0.2) is 5.78 Å². The van der Waals surface area contributed by atoms with Crippen molar-refractivity contribution in [1.82, 2.24) is 4.72 Å². The maximum atomic E-state index is 13.0. The Labute approximate surface area is 176 Å². The van der Waals surface area contributed by atoms with Crippen molar-refractivity contribution < 1.29 is 18.0 Å². The van der Waals surface area contributed by atoms with Crippen LogP contribution in [0, 0.1) is 26.7 Å². The molecule has 7 heteroatoms. The highest BCUT2D eigenvalue weighted by molar-refractivity contribution is 7.89. The van der Waals surface area contributed by atoms with Crippen molar-refractivity contribution in [2.75, 3.05) is 6.54 Å². The van der Waals surface area contributed by atoms with Crippen LogP contribution in [0.2, 0.25) is 5.02 Å². The second-order valence-electron chi connectivity index (χ2n) is 7.63. The quantitative estimate of drug-likeness (QED) is 0.701. The molecule has 1 aliphatic carbocycles. The minimum Gasteiger partial charge on any atom is -0.298 e. The first-order chi connectivity index (χ1) is 13.6. The van der Waals surface area contributed by atoms with E-state index in [9.17, 15) is 18.0 Å². The third-order valence-corrected chi connectivity index (χ3v) is 7.36. The predicted octanol–water partition coefficient (Wildman–Crippen LogP) is 3.88. The van der Waals surface area contributed by atoms with Crippen molar-refractivity contribution >= 4 is 33.2 Å². The summed E-state index contributed by atoms with van der Waals surface area (Å²) in [6.07, 6.45) is 0.415. The molecule has 3 rings (SSSR count). The van der Waals surface area contributed by atoms with Gasteiger partial charge >= 0.3 is 0 Å². The van der Waals surface area contributed by atoms with Crippen LogP contribution >= 0.6 is 11.6 Å². The highest BCUT2D eigenvalue weighted by atomic mass is 35.5. The number of carbonyl (C=O) groups excluding carboxylic acids is 2. The number of Topliss-reactive ketones (excluding diaryl/α,β-unsaturated/α-hetero) is 2. The molecular formula is C22H24ClNO4S. The predicted molar refractivity (Wildman–Crippen MR) is 113 cm³/mol. The van der Waals surface area contributed by atoms with Crippen molar-refractivity contribution in [3.8, 4) is 0 Å². The number of sulfonamides is 1. The molecular weight excluding hydrogens is 410 g/mol. The number of aryl methyl sites for hydroxylation is 3. The number of ketones is 2. The molecule has 0 saturated heterocycles. The Hall–Kier alpha value is -2.02. The summed E-state index contributed by atoms with van der Waals surface area (Å²) in [6, 6.07) is 10.1. The van der Waals surface area contributed by atoms with Gasteiger partial charge in [-0.05, 0) is 56.0 Å². The summed E-state index contributed by atoms with van der Waals surface area (Å²) >= 11 is 5.97. The summed E-state index contributed by atoms with van der Waals surface area (Å²) in [5.41, 5.74) is 3.76. The number of halogens is 1. The van der Waals surface area contributed by atoms with Crippen LogP contribution in [0.15, 0.2) is 41.3 Å². The van der Waals surface area contributed by atoms with Crippen LogP contribution < -0.4 is 4.72 Å². The average Bonchev–Trinajstić information content (AvgIpc) is 2.89. The monoisotopic (exact) mass is 433 g/mol. The second kappa shape index (κ2) is 8.38. The topological polar surface area (TPSA) is 80.3 Å². The van der Waals surface area contributed by atoms with Gasteiger partial charge in [-0.1, -0.05) is 41.4 Å². The molecule has 0 aliphatic heterocycles. The highest BCUT2D eigenvalue weighted by Gasteiger charge is 2.42. The molecule has 2 atom stereocenters. The van der Waals surface area contributed by atoms with E-state index in [-0.39, 0.29) is 40.9 Å². The maximum Gasteiger partial charge on any atom is 0.242 e. The molecule has 0 amide bonds. The van der Waals surface area contributed by atoms with Crippen LogP contribution in [0.1, 0.15) is 41.0 Å². The van der Waals surface area contributed by atoms with E-state index in [0.29, 0.717) is 0 Å². The third-order valence-electron chi connectivity index (χ3n) is 5.39. The molecule has 0 bridgehead atoms. The van der Waals surface area contributed by atoms with E-state index in [4.69, 9.17) is 11.6 Å². The van der Waals surface area contributed by atoms with Crippen LogP contribution in [0.5, 0.6) is 0 Å². The number of hydrogen-bond acceptors (Lipinski definition) is 4. The van der Waals surface area contributed by atoms with E-state index in [1.165, 1.54) is 12.1 Å². The summed E-state index contributed by atoms with van der Waals surface area (Å²) in [4.78, 5) is 25.6. The second-order valence-corrected chi connectivity index (χ2v) is 9.77. The summed E-state index contributed by atoms with van der Waals surface area (Å²) in [5.74, 6) is -1.45. The van der Waals surface area contributed by atoms with Gasteiger partial charge in [-0.15, -0.1) is 0 Å². The van der Waals surface area contributed by atoms with Gasteiger partial charge in [-0.25, -0.2) is 13.1 Å². The van der Waals surface area contributed by atoms with Gasteiger partial charge in [0.25, 0.3) is 0 Å². The lowest BCUT2D eigenvalue weighted by Gasteiger charge is -2.16. The van der Waals surface area contributed by atoms with Crippen LogP contribution in [-0.4, -0.2) is 26.5 Å². The average molecular weight is 434 g/mol.